The number of nitrogens with one attached hydrogen (secondary N) is 1. The van der Waals surface area contributed by atoms with Crippen molar-refractivity contribution < 1.29 is 4.42 Å². The summed E-state index contributed by atoms with van der Waals surface area (Å²) in [6, 6.07) is 16.1. The van der Waals surface area contributed by atoms with Crippen molar-refractivity contribution in [2.45, 2.75) is 13.5 Å². The molecular weight excluding hydrogens is 270 g/mol. The van der Waals surface area contributed by atoms with Gasteiger partial charge in [0.25, 0.3) is 0 Å². The SMILES string of the molecule is CCNCc1ccc(-c2cc3ccccc3o2)cc1Cl. The molecule has 1 heterocycles. The highest BCUT2D eigenvalue weighted by atomic mass is 35.5. The smallest absolute Gasteiger partial charge is 0.135 e. The number of halogens is 1. The van der Waals surface area contributed by atoms with Gasteiger partial charge in [-0.15, -0.1) is 0 Å². The second-order valence-electron chi connectivity index (χ2n) is 4.73. The lowest BCUT2D eigenvalue weighted by Gasteiger charge is -2.06. The van der Waals surface area contributed by atoms with Crippen LogP contribution in [-0.4, -0.2) is 6.54 Å². The quantitative estimate of drug-likeness (QED) is 0.740. The third kappa shape index (κ3) is 2.58. The second-order valence-corrected chi connectivity index (χ2v) is 5.14. The molecule has 20 heavy (non-hydrogen) atoms. The summed E-state index contributed by atoms with van der Waals surface area (Å²) in [5.41, 5.74) is 3.01. The van der Waals surface area contributed by atoms with Gasteiger partial charge in [-0.05, 0) is 30.3 Å². The van der Waals surface area contributed by atoms with Crippen molar-refractivity contribution in [2.24, 2.45) is 0 Å². The fourth-order valence-electron chi connectivity index (χ4n) is 2.23. The van der Waals surface area contributed by atoms with E-state index < -0.39 is 0 Å². The summed E-state index contributed by atoms with van der Waals surface area (Å²) in [5.74, 6) is 0.850. The van der Waals surface area contributed by atoms with E-state index in [2.05, 4.69) is 18.3 Å². The van der Waals surface area contributed by atoms with E-state index in [4.69, 9.17) is 16.0 Å². The fraction of sp³-hybridized carbons (Fsp3) is 0.176. The molecule has 0 atom stereocenters. The highest BCUT2D eigenvalue weighted by Crippen LogP contribution is 2.30. The zero-order valence-electron chi connectivity index (χ0n) is 11.3. The molecule has 1 aromatic heterocycles. The summed E-state index contributed by atoms with van der Waals surface area (Å²) >= 11 is 6.33. The van der Waals surface area contributed by atoms with Crippen molar-refractivity contribution >= 4 is 22.6 Å². The minimum atomic E-state index is 0.768. The Hall–Kier alpha value is -1.77. The highest BCUT2D eigenvalue weighted by molar-refractivity contribution is 6.31. The summed E-state index contributed by atoms with van der Waals surface area (Å²) in [7, 11) is 0. The molecule has 2 aromatic carbocycles. The first-order chi connectivity index (χ1) is 9.78. The topological polar surface area (TPSA) is 25.2 Å². The minimum absolute atomic E-state index is 0.768. The molecule has 0 saturated heterocycles. The summed E-state index contributed by atoms with van der Waals surface area (Å²) in [4.78, 5) is 0. The first-order valence-electron chi connectivity index (χ1n) is 6.76. The Morgan fingerprint density at radius 1 is 1.10 bits per heavy atom. The van der Waals surface area contributed by atoms with Crippen molar-refractivity contribution in [2.75, 3.05) is 6.54 Å². The Kier molecular flexibility index (Phi) is 3.77. The Labute approximate surface area is 123 Å². The van der Waals surface area contributed by atoms with Crippen molar-refractivity contribution in [3.8, 4) is 11.3 Å². The standard InChI is InChI=1S/C17H16ClNO/c1-2-19-11-14-8-7-13(9-15(14)18)17-10-12-5-3-4-6-16(12)20-17/h3-10,19H,2,11H2,1H3. The first-order valence-corrected chi connectivity index (χ1v) is 7.14. The number of furan rings is 1. The third-order valence-electron chi connectivity index (χ3n) is 3.33. The molecule has 0 spiro atoms. The maximum atomic E-state index is 6.33. The monoisotopic (exact) mass is 285 g/mol. The van der Waals surface area contributed by atoms with Gasteiger partial charge in [-0.3, -0.25) is 0 Å². The van der Waals surface area contributed by atoms with Crippen LogP contribution in [0.4, 0.5) is 0 Å². The van der Waals surface area contributed by atoms with Crippen LogP contribution >= 0.6 is 11.6 Å². The van der Waals surface area contributed by atoms with Crippen LogP contribution in [0.15, 0.2) is 52.9 Å². The van der Waals surface area contributed by atoms with Gasteiger partial charge >= 0.3 is 0 Å². The van der Waals surface area contributed by atoms with Crippen LogP contribution < -0.4 is 5.32 Å². The van der Waals surface area contributed by atoms with Crippen LogP contribution in [0, 0.1) is 0 Å². The van der Waals surface area contributed by atoms with E-state index in [0.29, 0.717) is 0 Å². The molecule has 0 aliphatic heterocycles. The molecule has 0 saturated carbocycles. The maximum Gasteiger partial charge on any atom is 0.135 e. The largest absolute Gasteiger partial charge is 0.456 e. The number of para-hydroxylation sites is 1. The average molecular weight is 286 g/mol. The van der Waals surface area contributed by atoms with Crippen LogP contribution in [-0.2, 0) is 6.54 Å². The van der Waals surface area contributed by atoms with E-state index in [9.17, 15) is 0 Å². The van der Waals surface area contributed by atoms with E-state index in [1.807, 2.05) is 42.5 Å². The highest BCUT2D eigenvalue weighted by Gasteiger charge is 2.08. The molecule has 2 nitrogen and oxygen atoms in total. The van der Waals surface area contributed by atoms with Crippen LogP contribution in [0.25, 0.3) is 22.3 Å². The summed E-state index contributed by atoms with van der Waals surface area (Å²) < 4.78 is 5.86. The van der Waals surface area contributed by atoms with Gasteiger partial charge in [0.1, 0.15) is 11.3 Å². The summed E-state index contributed by atoms with van der Waals surface area (Å²) in [5, 5.41) is 5.15. The van der Waals surface area contributed by atoms with Crippen molar-refractivity contribution in [1.29, 1.82) is 0 Å². The van der Waals surface area contributed by atoms with Crippen LogP contribution in [0.2, 0.25) is 5.02 Å². The van der Waals surface area contributed by atoms with Crippen LogP contribution in [0.3, 0.4) is 0 Å². The van der Waals surface area contributed by atoms with Crippen LogP contribution in [0.1, 0.15) is 12.5 Å². The molecule has 0 bridgehead atoms. The van der Waals surface area contributed by atoms with Gasteiger partial charge in [-0.2, -0.15) is 0 Å². The second kappa shape index (κ2) is 5.70. The maximum absolute atomic E-state index is 6.33. The Bertz CT molecular complexity index is 700. The Morgan fingerprint density at radius 3 is 2.70 bits per heavy atom. The van der Waals surface area contributed by atoms with E-state index in [1.54, 1.807) is 0 Å². The summed E-state index contributed by atoms with van der Waals surface area (Å²) in [6.45, 7) is 3.80. The Balaban J connectivity index is 1.95. The molecule has 3 aromatic rings. The van der Waals surface area contributed by atoms with E-state index >= 15 is 0 Å². The molecule has 102 valence electrons. The van der Waals surface area contributed by atoms with E-state index in [-0.39, 0.29) is 0 Å². The van der Waals surface area contributed by atoms with Gasteiger partial charge in [0.15, 0.2) is 0 Å². The first kappa shape index (κ1) is 13.2. The molecule has 0 aliphatic carbocycles. The minimum Gasteiger partial charge on any atom is -0.456 e. The normalized spacial score (nSPS) is 11.1. The van der Waals surface area contributed by atoms with Gasteiger partial charge < -0.3 is 9.73 Å². The van der Waals surface area contributed by atoms with Gasteiger partial charge in [0, 0.05) is 22.5 Å². The predicted molar refractivity (Wildman–Crippen MR) is 84.0 cm³/mol. The third-order valence-corrected chi connectivity index (χ3v) is 3.68. The fourth-order valence-corrected chi connectivity index (χ4v) is 2.48. The van der Waals surface area contributed by atoms with Crippen LogP contribution in [0.5, 0.6) is 0 Å². The molecular formula is C17H16ClNO. The lowest BCUT2D eigenvalue weighted by molar-refractivity contribution is 0.631. The lowest BCUT2D eigenvalue weighted by Crippen LogP contribution is -2.11. The Morgan fingerprint density at radius 2 is 1.95 bits per heavy atom. The molecule has 0 unspecified atom stereocenters. The molecule has 1 N–H and O–H groups in total. The number of rotatable bonds is 4. The number of hydrogen-bond donors (Lipinski definition) is 1. The lowest BCUT2D eigenvalue weighted by atomic mass is 10.1. The van der Waals surface area contributed by atoms with E-state index in [0.717, 1.165) is 46.0 Å². The molecule has 3 heteroatoms. The van der Waals surface area contributed by atoms with Crippen molar-refractivity contribution in [1.82, 2.24) is 5.32 Å². The molecule has 0 amide bonds. The van der Waals surface area contributed by atoms with Gasteiger partial charge in [0.2, 0.25) is 0 Å². The number of fused-ring (bicyclic) bond motifs is 1. The van der Waals surface area contributed by atoms with Gasteiger partial charge in [-0.25, -0.2) is 0 Å². The van der Waals surface area contributed by atoms with E-state index in [1.165, 1.54) is 0 Å². The predicted octanol–water partition coefficient (Wildman–Crippen LogP) is 4.86. The molecule has 0 fully saturated rings. The van der Waals surface area contributed by atoms with Crippen molar-refractivity contribution in [3.63, 3.8) is 0 Å². The zero-order valence-corrected chi connectivity index (χ0v) is 12.1. The number of hydrogen-bond acceptors (Lipinski definition) is 2. The van der Waals surface area contributed by atoms with Crippen molar-refractivity contribution in [3.05, 3.63) is 59.1 Å². The molecule has 3 rings (SSSR count). The molecule has 0 radical (unpaired) electrons. The summed E-state index contributed by atoms with van der Waals surface area (Å²) in [6.07, 6.45) is 0. The molecule has 0 aliphatic rings. The zero-order chi connectivity index (χ0) is 13.9. The van der Waals surface area contributed by atoms with Gasteiger partial charge in [0.05, 0.1) is 0 Å². The van der Waals surface area contributed by atoms with Gasteiger partial charge in [-0.1, -0.05) is 48.9 Å². The number of benzene rings is 2. The average Bonchev–Trinajstić information content (AvgIpc) is 2.90.